The van der Waals surface area contributed by atoms with Gasteiger partial charge in [-0.15, -0.1) is 11.8 Å². The average Bonchev–Trinajstić information content (AvgIpc) is 3.34. The Morgan fingerprint density at radius 3 is 2.55 bits per heavy atom. The molecule has 0 unspecified atom stereocenters. The summed E-state index contributed by atoms with van der Waals surface area (Å²) in [6.45, 7) is 1.82. The van der Waals surface area contributed by atoms with E-state index < -0.39 is 12.0 Å². The van der Waals surface area contributed by atoms with Gasteiger partial charge in [0.15, 0.2) is 22.9 Å². The van der Waals surface area contributed by atoms with Gasteiger partial charge in [0.25, 0.3) is 5.56 Å². The smallest absolute Gasteiger partial charge is 0.338 e. The summed E-state index contributed by atoms with van der Waals surface area (Å²) < 4.78 is 18.4. The van der Waals surface area contributed by atoms with Crippen LogP contribution in [0.4, 0.5) is 0 Å². The van der Waals surface area contributed by atoms with Crippen LogP contribution in [0.5, 0.6) is 11.5 Å². The maximum atomic E-state index is 14.1. The van der Waals surface area contributed by atoms with Crippen molar-refractivity contribution >= 4 is 40.8 Å². The van der Waals surface area contributed by atoms with Crippen molar-refractivity contribution in [3.05, 3.63) is 115 Å². The highest BCUT2D eigenvalue weighted by Crippen LogP contribution is 2.36. The van der Waals surface area contributed by atoms with E-state index in [9.17, 15) is 9.59 Å². The van der Waals surface area contributed by atoms with Gasteiger partial charge >= 0.3 is 5.97 Å². The Hall–Kier alpha value is -4.59. The van der Waals surface area contributed by atoms with E-state index in [1.165, 1.54) is 18.4 Å². The summed E-state index contributed by atoms with van der Waals surface area (Å²) in [6, 6.07) is 23.7. The van der Waals surface area contributed by atoms with Crippen LogP contribution in [-0.2, 0) is 9.53 Å². The van der Waals surface area contributed by atoms with E-state index in [1.807, 2.05) is 66.9 Å². The third-order valence-corrected chi connectivity index (χ3v) is 8.31. The Morgan fingerprint density at radius 1 is 1.12 bits per heavy atom. The van der Waals surface area contributed by atoms with Gasteiger partial charge in [-0.05, 0) is 54.6 Å². The van der Waals surface area contributed by atoms with Gasteiger partial charge in [0.05, 0.1) is 35.6 Å². The number of hydrogen-bond donors (Lipinski definition) is 0. The van der Waals surface area contributed by atoms with Crippen molar-refractivity contribution in [1.82, 2.24) is 4.57 Å². The predicted octanol–water partition coefficient (Wildman–Crippen LogP) is 4.57. The molecule has 0 amide bonds. The normalized spacial score (nSPS) is 14.5. The summed E-state index contributed by atoms with van der Waals surface area (Å²) in [4.78, 5) is 34.1. The SMILES string of the molecule is CCOC(=O)C1=C(c2ccccc2)N=c2s/c(=C\c3ccc(OCC#N)c(OC)c3)c(=O)n2[C@H]1c1ccc(SC)cc1. The van der Waals surface area contributed by atoms with Gasteiger partial charge in [-0.25, -0.2) is 9.79 Å². The van der Waals surface area contributed by atoms with E-state index in [-0.39, 0.29) is 18.8 Å². The molecule has 1 aliphatic rings. The number of thioether (sulfide) groups is 1. The van der Waals surface area contributed by atoms with Crippen LogP contribution in [-0.4, -0.2) is 37.1 Å². The van der Waals surface area contributed by atoms with Gasteiger partial charge in [0.1, 0.15) is 6.07 Å². The van der Waals surface area contributed by atoms with Crippen LogP contribution in [0.15, 0.2) is 93.1 Å². The highest BCUT2D eigenvalue weighted by molar-refractivity contribution is 7.98. The third-order valence-electron chi connectivity index (χ3n) is 6.58. The molecule has 1 aliphatic heterocycles. The fraction of sp³-hybridized carbons (Fsp3) is 0.188. The number of nitrogens with zero attached hydrogens (tertiary/aromatic N) is 3. The minimum Gasteiger partial charge on any atom is -0.493 e. The minimum atomic E-state index is -0.746. The lowest BCUT2D eigenvalue weighted by Crippen LogP contribution is -2.40. The van der Waals surface area contributed by atoms with E-state index in [2.05, 4.69) is 0 Å². The van der Waals surface area contributed by atoms with E-state index in [1.54, 1.807) is 47.5 Å². The number of rotatable bonds is 9. The largest absolute Gasteiger partial charge is 0.493 e. The molecule has 0 saturated carbocycles. The van der Waals surface area contributed by atoms with Gasteiger partial charge in [-0.2, -0.15) is 5.26 Å². The lowest BCUT2D eigenvalue weighted by Gasteiger charge is -2.26. The molecule has 3 aromatic carbocycles. The average molecular weight is 598 g/mol. The molecule has 1 atom stereocenters. The van der Waals surface area contributed by atoms with Gasteiger partial charge in [0, 0.05) is 10.5 Å². The summed E-state index contributed by atoms with van der Waals surface area (Å²) >= 11 is 2.85. The molecule has 8 nitrogen and oxygen atoms in total. The van der Waals surface area contributed by atoms with Crippen LogP contribution >= 0.6 is 23.1 Å². The Labute approximate surface area is 250 Å². The number of benzene rings is 3. The number of hydrogen-bond acceptors (Lipinski definition) is 9. The number of methoxy groups -OCH3 is 1. The number of esters is 1. The van der Waals surface area contributed by atoms with Gasteiger partial charge in [0.2, 0.25) is 0 Å². The van der Waals surface area contributed by atoms with Crippen LogP contribution < -0.4 is 24.4 Å². The van der Waals surface area contributed by atoms with Crippen LogP contribution in [0, 0.1) is 11.3 Å². The van der Waals surface area contributed by atoms with Crippen molar-refractivity contribution in [2.45, 2.75) is 17.9 Å². The molecule has 212 valence electrons. The van der Waals surface area contributed by atoms with Crippen molar-refractivity contribution in [2.24, 2.45) is 4.99 Å². The van der Waals surface area contributed by atoms with Gasteiger partial charge < -0.3 is 14.2 Å². The summed E-state index contributed by atoms with van der Waals surface area (Å²) in [5, 5.41) is 8.86. The first kappa shape index (κ1) is 28.9. The van der Waals surface area contributed by atoms with E-state index in [0.29, 0.717) is 37.7 Å². The first-order valence-corrected chi connectivity index (χ1v) is 15.1. The second-order valence-electron chi connectivity index (χ2n) is 9.06. The molecular weight excluding hydrogens is 571 g/mol. The number of ether oxygens (including phenoxy) is 3. The highest BCUT2D eigenvalue weighted by Gasteiger charge is 2.35. The second-order valence-corrected chi connectivity index (χ2v) is 11.0. The van der Waals surface area contributed by atoms with Crippen molar-refractivity contribution < 1.29 is 19.0 Å². The molecule has 0 aliphatic carbocycles. The van der Waals surface area contributed by atoms with Crippen molar-refractivity contribution in [3.8, 4) is 17.6 Å². The minimum absolute atomic E-state index is 0.112. The Morgan fingerprint density at radius 2 is 1.88 bits per heavy atom. The lowest BCUT2D eigenvalue weighted by molar-refractivity contribution is -0.138. The van der Waals surface area contributed by atoms with Crippen molar-refractivity contribution in [3.63, 3.8) is 0 Å². The van der Waals surface area contributed by atoms with Gasteiger partial charge in [-0.3, -0.25) is 9.36 Å². The van der Waals surface area contributed by atoms with Gasteiger partial charge in [-0.1, -0.05) is 59.9 Å². The predicted molar refractivity (Wildman–Crippen MR) is 163 cm³/mol. The Balaban J connectivity index is 1.75. The molecule has 42 heavy (non-hydrogen) atoms. The van der Waals surface area contributed by atoms with E-state index in [4.69, 9.17) is 24.5 Å². The summed E-state index contributed by atoms with van der Waals surface area (Å²) in [5.74, 6) is 0.346. The summed E-state index contributed by atoms with van der Waals surface area (Å²) in [6.07, 6.45) is 3.75. The number of carbonyl (C=O) groups excluding carboxylic acids is 1. The van der Waals surface area contributed by atoms with Crippen LogP contribution in [0.1, 0.15) is 29.7 Å². The second kappa shape index (κ2) is 12.9. The number of aromatic nitrogens is 1. The monoisotopic (exact) mass is 597 g/mol. The number of thiazole rings is 1. The maximum absolute atomic E-state index is 14.1. The van der Waals surface area contributed by atoms with E-state index in [0.717, 1.165) is 16.0 Å². The first-order chi connectivity index (χ1) is 20.5. The zero-order chi connectivity index (χ0) is 29.6. The molecule has 0 bridgehead atoms. The molecule has 0 spiro atoms. The fourth-order valence-electron chi connectivity index (χ4n) is 4.70. The molecule has 0 fully saturated rings. The molecule has 2 heterocycles. The third kappa shape index (κ3) is 5.75. The molecular formula is C32H27N3O5S2. The van der Waals surface area contributed by atoms with Crippen LogP contribution in [0.3, 0.4) is 0 Å². The molecule has 4 aromatic rings. The number of carbonyl (C=O) groups is 1. The molecule has 0 saturated heterocycles. The van der Waals surface area contributed by atoms with Crippen LogP contribution in [0.2, 0.25) is 0 Å². The lowest BCUT2D eigenvalue weighted by atomic mass is 9.93. The number of fused-ring (bicyclic) bond motifs is 1. The van der Waals surface area contributed by atoms with Crippen LogP contribution in [0.25, 0.3) is 11.8 Å². The summed E-state index contributed by atoms with van der Waals surface area (Å²) in [5.41, 5.74) is 2.72. The Kier molecular flexibility index (Phi) is 8.91. The quantitative estimate of drug-likeness (QED) is 0.206. The first-order valence-electron chi connectivity index (χ1n) is 13.1. The van der Waals surface area contributed by atoms with Crippen molar-refractivity contribution in [1.29, 1.82) is 5.26 Å². The van der Waals surface area contributed by atoms with Crippen molar-refractivity contribution in [2.75, 3.05) is 26.6 Å². The highest BCUT2D eigenvalue weighted by atomic mass is 32.2. The zero-order valence-corrected chi connectivity index (χ0v) is 24.8. The summed E-state index contributed by atoms with van der Waals surface area (Å²) in [7, 11) is 1.51. The zero-order valence-electron chi connectivity index (χ0n) is 23.2. The molecule has 10 heteroatoms. The topological polar surface area (TPSA) is 103 Å². The molecule has 0 radical (unpaired) electrons. The van der Waals surface area contributed by atoms with E-state index >= 15 is 0 Å². The Bertz CT molecular complexity index is 1870. The number of nitriles is 1. The standard InChI is InChI=1S/C32H27N3O5S2/c1-4-39-31(37)27-28(21-8-6-5-7-9-21)34-32-35(29(27)22-11-13-23(41-3)14-12-22)30(36)26(42-32)19-20-10-15-24(40-17-16-33)25(18-20)38-2/h5-15,18-19,29H,4,17H2,1-3H3/b26-19-/t29-/m0/s1. The maximum Gasteiger partial charge on any atom is 0.338 e. The molecule has 1 aromatic heterocycles. The fourth-order valence-corrected chi connectivity index (χ4v) is 6.11. The molecule has 5 rings (SSSR count). The molecule has 0 N–H and O–H groups in total.